The van der Waals surface area contributed by atoms with Crippen molar-refractivity contribution in [2.24, 2.45) is 0 Å². The van der Waals surface area contributed by atoms with Gasteiger partial charge in [-0.25, -0.2) is 4.98 Å². The Labute approximate surface area is 120 Å². The Balaban J connectivity index is 1.97. The van der Waals surface area contributed by atoms with E-state index in [9.17, 15) is 10.1 Å². The maximum absolute atomic E-state index is 11.8. The van der Waals surface area contributed by atoms with Gasteiger partial charge in [0, 0.05) is 31.9 Å². The molecule has 0 spiro atoms. The molecule has 1 aliphatic heterocycles. The van der Waals surface area contributed by atoms with Crippen LogP contribution in [0.4, 0.5) is 5.82 Å². The number of fused-ring (bicyclic) bond motifs is 1. The molecule has 1 aliphatic rings. The lowest BCUT2D eigenvalue weighted by Gasteiger charge is -2.19. The molecule has 0 unspecified atom stereocenters. The van der Waals surface area contributed by atoms with E-state index >= 15 is 0 Å². The van der Waals surface area contributed by atoms with Crippen LogP contribution in [0.2, 0.25) is 5.15 Å². The molecule has 6 heteroatoms. The first kappa shape index (κ1) is 12.7. The van der Waals surface area contributed by atoms with Crippen LogP contribution < -0.4 is 10.5 Å². The first-order valence-corrected chi connectivity index (χ1v) is 6.56. The van der Waals surface area contributed by atoms with Crippen molar-refractivity contribution in [3.63, 3.8) is 0 Å². The lowest BCUT2D eigenvalue weighted by atomic mass is 10.2. The Morgan fingerprint density at radius 2 is 2.15 bits per heavy atom. The quantitative estimate of drug-likeness (QED) is 0.790. The van der Waals surface area contributed by atoms with E-state index in [1.807, 2.05) is 11.0 Å². The van der Waals surface area contributed by atoms with Gasteiger partial charge >= 0.3 is 0 Å². The van der Waals surface area contributed by atoms with Gasteiger partial charge in [-0.1, -0.05) is 17.7 Å². The predicted molar refractivity (Wildman–Crippen MR) is 75.7 cm³/mol. The molecule has 0 aromatic carbocycles. The zero-order valence-corrected chi connectivity index (χ0v) is 11.3. The Kier molecular flexibility index (Phi) is 3.17. The van der Waals surface area contributed by atoms with Gasteiger partial charge in [-0.05, 0) is 17.7 Å². The van der Waals surface area contributed by atoms with E-state index in [4.69, 9.17) is 11.6 Å². The highest BCUT2D eigenvalue weighted by molar-refractivity contribution is 6.29. The Morgan fingerprint density at radius 3 is 2.85 bits per heavy atom. The van der Waals surface area contributed by atoms with Gasteiger partial charge in [-0.15, -0.1) is 0 Å². The van der Waals surface area contributed by atoms with E-state index in [0.717, 1.165) is 5.56 Å². The largest absolute Gasteiger partial charge is 0.351 e. The van der Waals surface area contributed by atoms with Crippen LogP contribution in [-0.2, 0) is 13.1 Å². The van der Waals surface area contributed by atoms with Gasteiger partial charge in [0.15, 0.2) is 0 Å². The van der Waals surface area contributed by atoms with Crippen LogP contribution in [0.3, 0.4) is 0 Å². The lowest BCUT2D eigenvalue weighted by Crippen LogP contribution is -2.22. The van der Waals surface area contributed by atoms with Gasteiger partial charge in [-0.2, -0.15) is 5.26 Å². The molecule has 0 saturated heterocycles. The van der Waals surface area contributed by atoms with Gasteiger partial charge in [0.05, 0.1) is 5.56 Å². The number of pyridine rings is 2. The maximum Gasteiger partial charge on any atom is 0.252 e. The molecule has 5 nitrogen and oxygen atoms in total. The molecule has 0 fully saturated rings. The van der Waals surface area contributed by atoms with Crippen molar-refractivity contribution < 1.29 is 0 Å². The Bertz CT molecular complexity index is 745. The summed E-state index contributed by atoms with van der Waals surface area (Å²) in [5, 5.41) is 9.64. The molecule has 0 saturated carbocycles. The highest BCUT2D eigenvalue weighted by Crippen LogP contribution is 2.25. The molecule has 0 radical (unpaired) electrons. The minimum absolute atomic E-state index is 0.0734. The fourth-order valence-electron chi connectivity index (χ4n) is 2.41. The smallest absolute Gasteiger partial charge is 0.252 e. The molecule has 0 atom stereocenters. The SMILES string of the molecule is N#Cc1ccc(=O)n2c1N(Cc1ccc(Cl)nc1)CC2. The van der Waals surface area contributed by atoms with Gasteiger partial charge in [0.1, 0.15) is 17.0 Å². The third-order valence-corrected chi connectivity index (χ3v) is 3.55. The molecular weight excluding hydrogens is 276 g/mol. The summed E-state index contributed by atoms with van der Waals surface area (Å²) in [5.74, 6) is 0.690. The van der Waals surface area contributed by atoms with Gasteiger partial charge in [0.25, 0.3) is 5.56 Å². The summed E-state index contributed by atoms with van der Waals surface area (Å²) in [7, 11) is 0. The average molecular weight is 287 g/mol. The van der Waals surface area contributed by atoms with Gasteiger partial charge in [-0.3, -0.25) is 9.36 Å². The first-order chi connectivity index (χ1) is 9.69. The van der Waals surface area contributed by atoms with Crippen molar-refractivity contribution in [1.29, 1.82) is 5.26 Å². The number of hydrogen-bond donors (Lipinski definition) is 0. The van der Waals surface area contributed by atoms with E-state index < -0.39 is 0 Å². The zero-order valence-electron chi connectivity index (χ0n) is 10.6. The lowest BCUT2D eigenvalue weighted by molar-refractivity contribution is 0.750. The molecular formula is C14H11ClN4O. The summed E-state index contributed by atoms with van der Waals surface area (Å²) >= 11 is 5.76. The monoisotopic (exact) mass is 286 g/mol. The summed E-state index contributed by atoms with van der Waals surface area (Å²) < 4.78 is 1.64. The predicted octanol–water partition coefficient (Wildman–Crippen LogP) is 1.79. The minimum atomic E-state index is -0.0734. The van der Waals surface area contributed by atoms with Crippen LogP contribution in [0.5, 0.6) is 0 Å². The Morgan fingerprint density at radius 1 is 1.30 bits per heavy atom. The summed E-state index contributed by atoms with van der Waals surface area (Å²) in [6.45, 7) is 1.91. The summed E-state index contributed by atoms with van der Waals surface area (Å²) in [4.78, 5) is 17.9. The normalized spacial score (nSPS) is 13.1. The van der Waals surface area contributed by atoms with Crippen molar-refractivity contribution in [3.8, 4) is 6.07 Å². The second-order valence-electron chi connectivity index (χ2n) is 4.58. The third-order valence-electron chi connectivity index (χ3n) is 3.33. The van der Waals surface area contributed by atoms with E-state index in [1.54, 1.807) is 22.9 Å². The second-order valence-corrected chi connectivity index (χ2v) is 4.97. The van der Waals surface area contributed by atoms with Crippen LogP contribution in [-0.4, -0.2) is 16.1 Å². The molecule has 0 amide bonds. The van der Waals surface area contributed by atoms with Crippen molar-refractivity contribution in [3.05, 3.63) is 57.1 Å². The molecule has 2 aromatic heterocycles. The molecule has 3 heterocycles. The van der Waals surface area contributed by atoms with E-state index in [-0.39, 0.29) is 5.56 Å². The van der Waals surface area contributed by atoms with Crippen LogP contribution >= 0.6 is 11.6 Å². The average Bonchev–Trinajstić information content (AvgIpc) is 2.87. The third kappa shape index (κ3) is 2.15. The van der Waals surface area contributed by atoms with Crippen LogP contribution in [0, 0.1) is 11.3 Å². The number of anilines is 1. The van der Waals surface area contributed by atoms with Crippen LogP contribution in [0.25, 0.3) is 0 Å². The second kappa shape index (κ2) is 4.99. The Hall–Kier alpha value is -2.32. The van der Waals surface area contributed by atoms with Crippen molar-refractivity contribution in [2.45, 2.75) is 13.1 Å². The molecule has 0 aliphatic carbocycles. The summed E-state index contributed by atoms with van der Waals surface area (Å²) in [6.07, 6.45) is 1.71. The number of nitrogens with zero attached hydrogens (tertiary/aromatic N) is 4. The highest BCUT2D eigenvalue weighted by Gasteiger charge is 2.23. The van der Waals surface area contributed by atoms with Gasteiger partial charge < -0.3 is 4.90 Å². The summed E-state index contributed by atoms with van der Waals surface area (Å²) in [6, 6.07) is 8.78. The van der Waals surface area contributed by atoms with Crippen molar-refractivity contribution in [2.75, 3.05) is 11.4 Å². The number of aromatic nitrogens is 2. The van der Waals surface area contributed by atoms with Crippen molar-refractivity contribution in [1.82, 2.24) is 9.55 Å². The molecule has 0 N–H and O–H groups in total. The fourth-order valence-corrected chi connectivity index (χ4v) is 2.53. The van der Waals surface area contributed by atoms with E-state index in [2.05, 4.69) is 11.1 Å². The fraction of sp³-hybridized carbons (Fsp3) is 0.214. The van der Waals surface area contributed by atoms with Crippen LogP contribution in [0.15, 0.2) is 35.3 Å². The zero-order chi connectivity index (χ0) is 14.1. The van der Waals surface area contributed by atoms with Crippen LogP contribution in [0.1, 0.15) is 11.1 Å². The maximum atomic E-state index is 11.8. The molecule has 2 aromatic rings. The first-order valence-electron chi connectivity index (χ1n) is 6.18. The van der Waals surface area contributed by atoms with E-state index in [0.29, 0.717) is 36.2 Å². The summed E-state index contributed by atoms with van der Waals surface area (Å²) in [5.41, 5.74) is 1.43. The standard InChI is InChI=1S/C14H11ClN4O/c15-12-3-1-10(8-17-12)9-18-5-6-19-13(20)4-2-11(7-16)14(18)19/h1-4,8H,5-6,9H2. The van der Waals surface area contributed by atoms with Crippen molar-refractivity contribution >= 4 is 17.4 Å². The molecule has 20 heavy (non-hydrogen) atoms. The molecule has 3 rings (SSSR count). The number of hydrogen-bond acceptors (Lipinski definition) is 4. The minimum Gasteiger partial charge on any atom is -0.351 e. The van der Waals surface area contributed by atoms with E-state index in [1.165, 1.54) is 6.07 Å². The number of rotatable bonds is 2. The highest BCUT2D eigenvalue weighted by atomic mass is 35.5. The molecule has 0 bridgehead atoms. The topological polar surface area (TPSA) is 61.9 Å². The van der Waals surface area contributed by atoms with Gasteiger partial charge in [0.2, 0.25) is 0 Å². The number of nitriles is 1. The molecule has 100 valence electrons. The number of halogens is 1.